The van der Waals surface area contributed by atoms with E-state index in [1.165, 1.54) is 0 Å². The number of carbonyl (C=O) groups excluding carboxylic acids is 1. The SMILES string of the molecule is COCC(C)CC(=O)Nc1ccc(C)cc1N. The summed E-state index contributed by atoms with van der Waals surface area (Å²) in [4.78, 5) is 11.7. The number of nitrogen functional groups attached to an aromatic ring is 1. The minimum atomic E-state index is -0.0369. The van der Waals surface area contributed by atoms with Gasteiger partial charge in [0, 0.05) is 20.1 Å². The average Bonchev–Trinajstić information content (AvgIpc) is 2.22. The summed E-state index contributed by atoms with van der Waals surface area (Å²) in [5.74, 6) is 0.164. The topological polar surface area (TPSA) is 64.3 Å². The van der Waals surface area contributed by atoms with Crippen molar-refractivity contribution in [1.82, 2.24) is 0 Å². The summed E-state index contributed by atoms with van der Waals surface area (Å²) < 4.78 is 4.99. The van der Waals surface area contributed by atoms with Crippen LogP contribution in [-0.2, 0) is 9.53 Å². The second-order valence-electron chi connectivity index (χ2n) is 4.40. The van der Waals surface area contributed by atoms with Crippen LogP contribution in [0, 0.1) is 12.8 Å². The summed E-state index contributed by atoms with van der Waals surface area (Å²) in [6.45, 7) is 4.51. The number of amides is 1. The Hall–Kier alpha value is -1.55. The highest BCUT2D eigenvalue weighted by atomic mass is 16.5. The molecule has 1 aromatic carbocycles. The zero-order valence-corrected chi connectivity index (χ0v) is 10.6. The molecule has 3 N–H and O–H groups in total. The van der Waals surface area contributed by atoms with E-state index in [4.69, 9.17) is 10.5 Å². The fourth-order valence-electron chi connectivity index (χ4n) is 1.66. The maximum atomic E-state index is 11.7. The summed E-state index contributed by atoms with van der Waals surface area (Å²) in [7, 11) is 1.63. The third kappa shape index (κ3) is 4.44. The molecule has 1 aromatic rings. The Morgan fingerprint density at radius 1 is 1.53 bits per heavy atom. The van der Waals surface area contributed by atoms with Gasteiger partial charge in [-0.15, -0.1) is 0 Å². The molecule has 1 amide bonds. The van der Waals surface area contributed by atoms with E-state index in [2.05, 4.69) is 5.32 Å². The third-order valence-corrected chi connectivity index (χ3v) is 2.47. The molecule has 1 atom stereocenters. The number of benzene rings is 1. The van der Waals surface area contributed by atoms with E-state index in [9.17, 15) is 4.79 Å². The van der Waals surface area contributed by atoms with Gasteiger partial charge < -0.3 is 15.8 Å². The molecule has 4 heteroatoms. The van der Waals surface area contributed by atoms with Gasteiger partial charge in [0.25, 0.3) is 0 Å². The second kappa shape index (κ2) is 6.25. The van der Waals surface area contributed by atoms with Gasteiger partial charge in [-0.1, -0.05) is 13.0 Å². The normalized spacial score (nSPS) is 12.2. The molecule has 0 aliphatic rings. The van der Waals surface area contributed by atoms with Crippen LogP contribution in [0.3, 0.4) is 0 Å². The van der Waals surface area contributed by atoms with Crippen molar-refractivity contribution in [2.24, 2.45) is 5.92 Å². The van der Waals surface area contributed by atoms with Crippen molar-refractivity contribution in [2.75, 3.05) is 24.8 Å². The molecule has 0 aromatic heterocycles. The van der Waals surface area contributed by atoms with E-state index < -0.39 is 0 Å². The van der Waals surface area contributed by atoms with Crippen molar-refractivity contribution in [3.05, 3.63) is 23.8 Å². The molecule has 1 rings (SSSR count). The molecule has 0 aliphatic heterocycles. The fourth-order valence-corrected chi connectivity index (χ4v) is 1.66. The number of anilines is 2. The zero-order chi connectivity index (χ0) is 12.8. The summed E-state index contributed by atoms with van der Waals surface area (Å²) in [5.41, 5.74) is 8.16. The number of nitrogens with one attached hydrogen (secondary N) is 1. The first kappa shape index (κ1) is 13.5. The Morgan fingerprint density at radius 3 is 2.82 bits per heavy atom. The lowest BCUT2D eigenvalue weighted by Crippen LogP contribution is -2.18. The first-order valence-electron chi connectivity index (χ1n) is 5.68. The van der Waals surface area contributed by atoms with Crippen LogP contribution in [0.1, 0.15) is 18.9 Å². The Labute approximate surface area is 102 Å². The minimum absolute atomic E-state index is 0.0369. The summed E-state index contributed by atoms with van der Waals surface area (Å²) in [6, 6.07) is 5.59. The number of aryl methyl sites for hydroxylation is 1. The predicted octanol–water partition coefficient (Wildman–Crippen LogP) is 2.19. The van der Waals surface area contributed by atoms with E-state index in [-0.39, 0.29) is 11.8 Å². The van der Waals surface area contributed by atoms with E-state index in [1.54, 1.807) is 7.11 Å². The molecule has 17 heavy (non-hydrogen) atoms. The standard InChI is InChI=1S/C13H20N2O2/c1-9-4-5-12(11(14)6-9)15-13(16)7-10(2)8-17-3/h4-6,10H,7-8,14H2,1-3H3,(H,15,16). The maximum absolute atomic E-state index is 11.7. The van der Waals surface area contributed by atoms with Crippen LogP contribution in [0.5, 0.6) is 0 Å². The van der Waals surface area contributed by atoms with E-state index >= 15 is 0 Å². The molecular weight excluding hydrogens is 216 g/mol. The van der Waals surface area contributed by atoms with Crippen molar-refractivity contribution in [2.45, 2.75) is 20.3 Å². The molecule has 1 unspecified atom stereocenters. The highest BCUT2D eigenvalue weighted by molar-refractivity contribution is 5.93. The molecule has 94 valence electrons. The minimum Gasteiger partial charge on any atom is -0.397 e. The van der Waals surface area contributed by atoms with Crippen LogP contribution < -0.4 is 11.1 Å². The molecule has 4 nitrogen and oxygen atoms in total. The van der Waals surface area contributed by atoms with Crippen LogP contribution in [-0.4, -0.2) is 19.6 Å². The Bertz CT molecular complexity index is 391. The largest absolute Gasteiger partial charge is 0.397 e. The number of hydrogen-bond donors (Lipinski definition) is 2. The number of rotatable bonds is 5. The van der Waals surface area contributed by atoms with Gasteiger partial charge >= 0.3 is 0 Å². The lowest BCUT2D eigenvalue weighted by molar-refractivity contribution is -0.117. The highest BCUT2D eigenvalue weighted by Gasteiger charge is 2.10. The number of nitrogens with two attached hydrogens (primary N) is 1. The summed E-state index contributed by atoms with van der Waals surface area (Å²) in [6.07, 6.45) is 0.432. The van der Waals surface area contributed by atoms with Gasteiger partial charge in [0.05, 0.1) is 11.4 Å². The van der Waals surface area contributed by atoms with Crippen LogP contribution in [0.2, 0.25) is 0 Å². The van der Waals surface area contributed by atoms with Gasteiger partial charge in [0.2, 0.25) is 5.91 Å². The average molecular weight is 236 g/mol. The van der Waals surface area contributed by atoms with Crippen molar-refractivity contribution in [1.29, 1.82) is 0 Å². The lowest BCUT2D eigenvalue weighted by Gasteiger charge is -2.12. The van der Waals surface area contributed by atoms with Crippen molar-refractivity contribution in [3.8, 4) is 0 Å². The Kier molecular flexibility index (Phi) is 4.97. The molecule has 0 heterocycles. The van der Waals surface area contributed by atoms with Gasteiger partial charge in [0.15, 0.2) is 0 Å². The quantitative estimate of drug-likeness (QED) is 0.770. The van der Waals surface area contributed by atoms with E-state index in [0.717, 1.165) is 5.56 Å². The number of carbonyl (C=O) groups is 1. The van der Waals surface area contributed by atoms with E-state index in [1.807, 2.05) is 32.0 Å². The van der Waals surface area contributed by atoms with Crippen molar-refractivity contribution >= 4 is 17.3 Å². The van der Waals surface area contributed by atoms with Crippen molar-refractivity contribution < 1.29 is 9.53 Å². The maximum Gasteiger partial charge on any atom is 0.224 e. The van der Waals surface area contributed by atoms with Gasteiger partial charge in [0.1, 0.15) is 0 Å². The van der Waals surface area contributed by atoms with Crippen molar-refractivity contribution in [3.63, 3.8) is 0 Å². The number of hydrogen-bond acceptors (Lipinski definition) is 3. The Balaban J connectivity index is 2.56. The van der Waals surface area contributed by atoms with Crippen LogP contribution in [0.25, 0.3) is 0 Å². The fraction of sp³-hybridized carbons (Fsp3) is 0.462. The first-order valence-corrected chi connectivity index (χ1v) is 5.68. The molecule has 0 fully saturated rings. The monoisotopic (exact) mass is 236 g/mol. The van der Waals surface area contributed by atoms with Crippen LogP contribution >= 0.6 is 0 Å². The molecule has 0 saturated carbocycles. The molecule has 0 bridgehead atoms. The number of methoxy groups -OCH3 is 1. The summed E-state index contributed by atoms with van der Waals surface area (Å²) >= 11 is 0. The van der Waals surface area contributed by atoms with Gasteiger partial charge in [-0.2, -0.15) is 0 Å². The lowest BCUT2D eigenvalue weighted by atomic mass is 10.1. The van der Waals surface area contributed by atoms with Gasteiger partial charge in [-0.05, 0) is 30.5 Å². The van der Waals surface area contributed by atoms with Crippen LogP contribution in [0.15, 0.2) is 18.2 Å². The first-order chi connectivity index (χ1) is 8.02. The smallest absolute Gasteiger partial charge is 0.224 e. The Morgan fingerprint density at radius 2 is 2.24 bits per heavy atom. The molecule has 0 saturated heterocycles. The van der Waals surface area contributed by atoms with Crippen LogP contribution in [0.4, 0.5) is 11.4 Å². The van der Waals surface area contributed by atoms with Gasteiger partial charge in [-0.25, -0.2) is 0 Å². The number of ether oxygens (including phenoxy) is 1. The summed E-state index contributed by atoms with van der Waals surface area (Å²) in [5, 5.41) is 2.81. The molecule has 0 aliphatic carbocycles. The third-order valence-electron chi connectivity index (χ3n) is 2.47. The molecule has 0 radical (unpaired) electrons. The van der Waals surface area contributed by atoms with Gasteiger partial charge in [-0.3, -0.25) is 4.79 Å². The zero-order valence-electron chi connectivity index (χ0n) is 10.6. The van der Waals surface area contributed by atoms with E-state index in [0.29, 0.717) is 24.4 Å². The second-order valence-corrected chi connectivity index (χ2v) is 4.40. The predicted molar refractivity (Wildman–Crippen MR) is 69.9 cm³/mol. The molecule has 0 spiro atoms. The highest BCUT2D eigenvalue weighted by Crippen LogP contribution is 2.20. The molecular formula is C13H20N2O2.